The van der Waals surface area contributed by atoms with Crippen molar-refractivity contribution >= 4 is 29.1 Å². The van der Waals surface area contributed by atoms with Crippen molar-refractivity contribution in [3.63, 3.8) is 0 Å². The van der Waals surface area contributed by atoms with Gasteiger partial charge in [-0.25, -0.2) is 4.98 Å². The number of aromatic nitrogens is 2. The number of Topliss-reactive ketones (excluding diaryl/α,β-unsaturated/α-hetero) is 1. The van der Waals surface area contributed by atoms with Crippen LogP contribution in [0.15, 0.2) is 35.4 Å². The third-order valence-electron chi connectivity index (χ3n) is 5.01. The van der Waals surface area contributed by atoms with E-state index in [0.717, 1.165) is 17.3 Å². The summed E-state index contributed by atoms with van der Waals surface area (Å²) in [6.45, 7) is 7.03. The van der Waals surface area contributed by atoms with Crippen molar-refractivity contribution in [3.05, 3.63) is 74.7 Å². The zero-order valence-electron chi connectivity index (χ0n) is 17.8. The van der Waals surface area contributed by atoms with Gasteiger partial charge in [0.05, 0.1) is 21.9 Å². The Labute approximate surface area is 193 Å². The zero-order valence-corrected chi connectivity index (χ0v) is 19.3. The molecule has 3 rings (SSSR count). The molecule has 3 aromatic rings. The van der Waals surface area contributed by atoms with Gasteiger partial charge in [-0.05, 0) is 63.6 Å². The molecule has 0 bridgehead atoms. The van der Waals surface area contributed by atoms with Crippen LogP contribution in [0, 0.1) is 39.0 Å². The van der Waals surface area contributed by atoms with Crippen LogP contribution in [0.1, 0.15) is 44.1 Å². The van der Waals surface area contributed by atoms with E-state index >= 15 is 0 Å². The molecule has 0 aliphatic rings. The summed E-state index contributed by atoms with van der Waals surface area (Å²) in [6, 6.07) is 9.24. The molecule has 2 heterocycles. The predicted octanol–water partition coefficient (Wildman–Crippen LogP) is 6.62. The minimum Gasteiger partial charge on any atom is -0.318 e. The van der Waals surface area contributed by atoms with E-state index in [1.54, 1.807) is 30.5 Å². The van der Waals surface area contributed by atoms with Gasteiger partial charge in [-0.3, -0.25) is 4.79 Å². The van der Waals surface area contributed by atoms with Gasteiger partial charge >= 0.3 is 6.18 Å². The Morgan fingerprint density at radius 3 is 2.50 bits per heavy atom. The number of ketones is 1. The number of rotatable bonds is 5. The molecule has 0 N–H and O–H groups in total. The van der Waals surface area contributed by atoms with Crippen molar-refractivity contribution in [3.8, 4) is 11.8 Å². The first-order valence-electron chi connectivity index (χ1n) is 9.54. The van der Waals surface area contributed by atoms with Crippen molar-refractivity contribution in [2.24, 2.45) is 0 Å². The number of aryl methyl sites for hydroxylation is 3. The highest BCUT2D eigenvalue weighted by Crippen LogP contribution is 2.36. The molecule has 0 fully saturated rings. The molecule has 1 aromatic carbocycles. The average molecular weight is 478 g/mol. The third-order valence-corrected chi connectivity index (χ3v) is 6.31. The number of carbonyl (C=O) groups excluding carboxylic acids is 1. The summed E-state index contributed by atoms with van der Waals surface area (Å²) < 4.78 is 41.4. The molecule has 0 saturated carbocycles. The van der Waals surface area contributed by atoms with Crippen LogP contribution >= 0.6 is 23.4 Å². The van der Waals surface area contributed by atoms with Crippen molar-refractivity contribution < 1.29 is 18.0 Å². The summed E-state index contributed by atoms with van der Waals surface area (Å²) in [5, 5.41) is 9.50. The lowest BCUT2D eigenvalue weighted by Gasteiger charge is -2.14. The van der Waals surface area contributed by atoms with E-state index in [9.17, 15) is 23.2 Å². The number of nitrogens with zero attached hydrogens (tertiary/aromatic N) is 3. The van der Waals surface area contributed by atoms with Gasteiger partial charge in [0, 0.05) is 28.3 Å². The van der Waals surface area contributed by atoms with Gasteiger partial charge in [-0.15, -0.1) is 0 Å². The highest BCUT2D eigenvalue weighted by Gasteiger charge is 2.33. The summed E-state index contributed by atoms with van der Waals surface area (Å²) in [5.74, 6) is -0.160. The lowest BCUT2D eigenvalue weighted by Crippen LogP contribution is -2.09. The fourth-order valence-electron chi connectivity index (χ4n) is 3.57. The van der Waals surface area contributed by atoms with Crippen molar-refractivity contribution in [1.29, 1.82) is 5.26 Å². The molecular formula is C23H19ClF3N3OS. The van der Waals surface area contributed by atoms with Gasteiger partial charge in [0.15, 0.2) is 5.78 Å². The average Bonchev–Trinajstić information content (AvgIpc) is 2.99. The summed E-state index contributed by atoms with van der Waals surface area (Å²) >= 11 is 6.91. The van der Waals surface area contributed by atoms with E-state index in [-0.39, 0.29) is 22.2 Å². The molecule has 9 heteroatoms. The molecule has 32 heavy (non-hydrogen) atoms. The Bertz CT molecular complexity index is 1260. The minimum absolute atomic E-state index is 0.0449. The number of nitriles is 1. The zero-order chi connectivity index (χ0) is 23.8. The van der Waals surface area contributed by atoms with Crippen LogP contribution in [0.5, 0.6) is 0 Å². The SMILES string of the molecule is Cc1cc(C)c(C#N)c(SCC(=O)c2cc(C)n(-c3ccc(Cl)c(C(F)(F)F)c3)c2C)n1. The van der Waals surface area contributed by atoms with E-state index in [1.807, 2.05) is 13.8 Å². The standard InChI is InChI=1S/C23H19ClF3N3OS/c1-12-7-13(2)29-22(18(12)10-28)32-11-21(31)17-8-14(3)30(15(17)4)16-5-6-20(24)19(9-16)23(25,26)27/h5-9H,11H2,1-4H3. The Hall–Kier alpha value is -2.76. The number of hydrogen-bond donors (Lipinski definition) is 0. The molecule has 0 spiro atoms. The molecule has 0 aliphatic carbocycles. The first kappa shape index (κ1) is 23.9. The van der Waals surface area contributed by atoms with Crippen LogP contribution in [0.25, 0.3) is 5.69 Å². The summed E-state index contributed by atoms with van der Waals surface area (Å²) in [7, 11) is 0. The molecule has 0 unspecified atom stereocenters. The fourth-order valence-corrected chi connectivity index (χ4v) is 4.77. The van der Waals surface area contributed by atoms with Crippen LogP contribution < -0.4 is 0 Å². The Kier molecular flexibility index (Phi) is 6.72. The molecule has 0 amide bonds. The number of alkyl halides is 3. The fraction of sp³-hybridized carbons (Fsp3) is 0.261. The molecule has 2 aromatic heterocycles. The Balaban J connectivity index is 1.92. The van der Waals surface area contributed by atoms with Crippen molar-refractivity contribution in [1.82, 2.24) is 9.55 Å². The lowest BCUT2D eigenvalue weighted by molar-refractivity contribution is -0.137. The Morgan fingerprint density at radius 2 is 1.88 bits per heavy atom. The van der Waals surface area contributed by atoms with Gasteiger partial charge in [0.25, 0.3) is 0 Å². The predicted molar refractivity (Wildman–Crippen MR) is 119 cm³/mol. The first-order chi connectivity index (χ1) is 14.9. The van der Waals surface area contributed by atoms with E-state index in [0.29, 0.717) is 27.5 Å². The van der Waals surface area contributed by atoms with Gasteiger partial charge in [-0.1, -0.05) is 23.4 Å². The summed E-state index contributed by atoms with van der Waals surface area (Å²) in [4.78, 5) is 17.3. The van der Waals surface area contributed by atoms with Gasteiger partial charge in [0.1, 0.15) is 11.1 Å². The van der Waals surface area contributed by atoms with Crippen LogP contribution in [0.2, 0.25) is 5.02 Å². The second kappa shape index (κ2) is 9.00. The van der Waals surface area contributed by atoms with Gasteiger partial charge in [-0.2, -0.15) is 18.4 Å². The van der Waals surface area contributed by atoms with Crippen LogP contribution in [-0.2, 0) is 6.18 Å². The topological polar surface area (TPSA) is 58.7 Å². The summed E-state index contributed by atoms with van der Waals surface area (Å²) in [5.41, 5.74) is 2.85. The molecule has 0 saturated heterocycles. The maximum atomic E-state index is 13.3. The van der Waals surface area contributed by atoms with Crippen molar-refractivity contribution in [2.75, 3.05) is 5.75 Å². The lowest BCUT2D eigenvalue weighted by atomic mass is 10.1. The van der Waals surface area contributed by atoms with Crippen LogP contribution in [0.4, 0.5) is 13.2 Å². The van der Waals surface area contributed by atoms with E-state index in [2.05, 4.69) is 11.1 Å². The molecule has 0 atom stereocenters. The number of carbonyl (C=O) groups is 1. The largest absolute Gasteiger partial charge is 0.417 e. The van der Waals surface area contributed by atoms with Crippen LogP contribution in [0.3, 0.4) is 0 Å². The number of pyridine rings is 1. The molecule has 0 radical (unpaired) electrons. The Morgan fingerprint density at radius 1 is 1.19 bits per heavy atom. The molecular weight excluding hydrogens is 459 g/mol. The molecule has 166 valence electrons. The second-order valence-electron chi connectivity index (χ2n) is 7.37. The molecule has 4 nitrogen and oxygen atoms in total. The van der Waals surface area contributed by atoms with E-state index in [4.69, 9.17) is 11.6 Å². The number of benzene rings is 1. The highest BCUT2D eigenvalue weighted by atomic mass is 35.5. The normalized spacial score (nSPS) is 11.5. The highest BCUT2D eigenvalue weighted by molar-refractivity contribution is 8.00. The molecule has 0 aliphatic heterocycles. The summed E-state index contributed by atoms with van der Waals surface area (Å²) in [6.07, 6.45) is -4.59. The number of halogens is 4. The maximum Gasteiger partial charge on any atom is 0.417 e. The third kappa shape index (κ3) is 4.69. The van der Waals surface area contributed by atoms with Gasteiger partial charge < -0.3 is 4.57 Å². The smallest absolute Gasteiger partial charge is 0.318 e. The monoisotopic (exact) mass is 477 g/mol. The number of thioether (sulfide) groups is 1. The maximum absolute atomic E-state index is 13.3. The van der Waals surface area contributed by atoms with Crippen LogP contribution in [-0.4, -0.2) is 21.1 Å². The van der Waals surface area contributed by atoms with Crippen molar-refractivity contribution in [2.45, 2.75) is 38.9 Å². The van der Waals surface area contributed by atoms with Gasteiger partial charge in [0.2, 0.25) is 0 Å². The minimum atomic E-state index is -4.59. The quantitative estimate of drug-likeness (QED) is 0.306. The second-order valence-corrected chi connectivity index (χ2v) is 8.74. The van der Waals surface area contributed by atoms with E-state index < -0.39 is 11.7 Å². The number of hydrogen-bond acceptors (Lipinski definition) is 4. The van der Waals surface area contributed by atoms with E-state index in [1.165, 1.54) is 23.9 Å². The first-order valence-corrected chi connectivity index (χ1v) is 10.9.